The highest BCUT2D eigenvalue weighted by Crippen LogP contribution is 2.19. The monoisotopic (exact) mass is 580 g/mol. The van der Waals surface area contributed by atoms with E-state index >= 15 is 0 Å². The molecule has 0 bridgehead atoms. The van der Waals surface area contributed by atoms with Gasteiger partial charge in [-0.1, -0.05) is 0 Å². The zero-order chi connectivity index (χ0) is 30.4. The van der Waals surface area contributed by atoms with Gasteiger partial charge in [0.05, 0.1) is 34.8 Å². The fraction of sp³-hybridized carbons (Fsp3) is 0.200. The van der Waals surface area contributed by atoms with Crippen molar-refractivity contribution in [1.82, 2.24) is 9.97 Å². The number of alkyl halides is 6. The third-order valence-corrected chi connectivity index (χ3v) is 4.66. The summed E-state index contributed by atoms with van der Waals surface area (Å²) in [6.07, 6.45) is -9.12. The van der Waals surface area contributed by atoms with Crippen LogP contribution in [0.2, 0.25) is 0 Å². The number of hydrogen-bond acceptors (Lipinski definition) is 8. The van der Waals surface area contributed by atoms with E-state index < -0.39 is 34.1 Å². The molecule has 14 nitrogen and oxygen atoms in total. The van der Waals surface area contributed by atoms with Gasteiger partial charge in [0, 0.05) is 12.1 Å². The van der Waals surface area contributed by atoms with Gasteiger partial charge in [0.25, 0.3) is 23.0 Å². The van der Waals surface area contributed by atoms with E-state index in [2.05, 4.69) is 19.9 Å². The second-order valence-electron chi connectivity index (χ2n) is 7.50. The molecule has 0 amide bonds. The molecule has 20 heteroatoms. The smallest absolute Gasteiger partial charge is 0.430 e. The Balaban J connectivity index is 0.000000333. The zero-order valence-corrected chi connectivity index (χ0v) is 19.3. The number of aliphatic carboxylic acids is 2. The molecule has 0 aliphatic rings. The first-order valence-corrected chi connectivity index (χ1v) is 10.3. The number of carboxylic acid groups (broad SMARTS) is 2. The van der Waals surface area contributed by atoms with E-state index in [9.17, 15) is 46.6 Å². The molecule has 4 N–H and O–H groups in total. The number of H-pyrrole nitrogens is 4. The van der Waals surface area contributed by atoms with Gasteiger partial charge >= 0.3 is 12.4 Å². The lowest BCUT2D eigenvalue weighted by molar-refractivity contribution is -0.385. The Bertz CT molecular complexity index is 1450. The summed E-state index contributed by atoms with van der Waals surface area (Å²) in [6.45, 7) is 0. The van der Waals surface area contributed by atoms with Gasteiger partial charge < -0.3 is 19.8 Å². The third kappa shape index (κ3) is 8.63. The van der Waals surface area contributed by atoms with Crippen molar-refractivity contribution < 1.29 is 66.0 Å². The molecular weight excluding hydrogens is 566 g/mol. The number of carboxylic acids is 2. The number of aryl methyl sites for hydroxylation is 2. The first kappa shape index (κ1) is 30.9. The molecule has 4 aromatic rings. The fourth-order valence-corrected chi connectivity index (χ4v) is 2.93. The molecule has 0 spiro atoms. The van der Waals surface area contributed by atoms with Crippen LogP contribution in [0.1, 0.15) is 11.6 Å². The van der Waals surface area contributed by atoms with Crippen LogP contribution in [0.3, 0.4) is 0 Å². The lowest BCUT2D eigenvalue weighted by atomic mass is 10.3. The Hall–Kier alpha value is -5.30. The molecule has 0 fully saturated rings. The predicted octanol–water partition coefficient (Wildman–Crippen LogP) is 0.476. The molecule has 0 saturated heterocycles. The van der Waals surface area contributed by atoms with Crippen molar-refractivity contribution in [3.8, 4) is 0 Å². The van der Waals surface area contributed by atoms with Crippen molar-refractivity contribution in [2.24, 2.45) is 0 Å². The minimum absolute atomic E-state index is 0.0323. The molecule has 0 atom stereocenters. The second kappa shape index (κ2) is 12.0. The Morgan fingerprint density at radius 3 is 1.25 bits per heavy atom. The summed E-state index contributed by atoms with van der Waals surface area (Å²) in [5.74, 6) is -4.35. The maximum absolute atomic E-state index is 10.8. The van der Waals surface area contributed by atoms with Crippen LogP contribution in [0, 0.1) is 20.2 Å². The summed E-state index contributed by atoms with van der Waals surface area (Å²) in [6, 6.07) is 9.22. The normalized spacial score (nSPS) is 11.2. The van der Waals surface area contributed by atoms with E-state index in [0.29, 0.717) is 23.9 Å². The van der Waals surface area contributed by atoms with Crippen molar-refractivity contribution in [2.75, 3.05) is 0 Å². The van der Waals surface area contributed by atoms with Crippen LogP contribution >= 0.6 is 0 Å². The highest BCUT2D eigenvalue weighted by Gasteiger charge is 2.29. The number of aromatic amines is 4. The van der Waals surface area contributed by atoms with E-state index in [0.717, 1.165) is 22.7 Å². The number of hydrogen-bond donors (Lipinski definition) is 2. The standard InChI is InChI=1S/C16H12N6O4.2C2HF3O2/c23-21(24)9-1-3-11-13(7-9)19-15(17-11)5-6-16-18-12-4-2-10(22(25)26)8-14(12)20-16;2*3-2(4,5)1(6)7/h1-4,7-8H,5-6H2,(H,17,19)(H,18,20);2*(H,6,7). The topological polar surface area (TPSA) is 226 Å². The van der Waals surface area contributed by atoms with Crippen molar-refractivity contribution in [1.29, 1.82) is 0 Å². The zero-order valence-electron chi connectivity index (χ0n) is 19.3. The van der Waals surface area contributed by atoms with E-state index in [1.54, 1.807) is 12.1 Å². The van der Waals surface area contributed by atoms with Gasteiger partial charge in [0.2, 0.25) is 0 Å². The Morgan fingerprint density at radius 1 is 0.700 bits per heavy atom. The number of imidazole rings is 2. The van der Waals surface area contributed by atoms with E-state index in [1.807, 2.05) is 0 Å². The third-order valence-electron chi connectivity index (χ3n) is 4.66. The molecule has 2 aromatic heterocycles. The molecule has 4 rings (SSSR count). The van der Waals surface area contributed by atoms with Gasteiger partial charge in [-0.05, 0) is 12.1 Å². The maximum Gasteiger partial charge on any atom is 0.430 e. The number of fused-ring (bicyclic) bond motifs is 2. The molecule has 0 radical (unpaired) electrons. The summed E-state index contributed by atoms with van der Waals surface area (Å²) >= 11 is 0. The van der Waals surface area contributed by atoms with Crippen LogP contribution in [0.25, 0.3) is 22.1 Å². The number of nitro groups is 2. The average molecular weight is 580 g/mol. The summed E-state index contributed by atoms with van der Waals surface area (Å²) < 4.78 is 63.1. The Kier molecular flexibility index (Phi) is 9.31. The first-order chi connectivity index (χ1) is 18.4. The van der Waals surface area contributed by atoms with Crippen LogP contribution in [0.4, 0.5) is 37.7 Å². The van der Waals surface area contributed by atoms with Crippen LogP contribution in [0.5, 0.6) is 0 Å². The number of nitrogens with zero attached hydrogens (tertiary/aromatic N) is 2. The Morgan fingerprint density at radius 2 is 1.00 bits per heavy atom. The van der Waals surface area contributed by atoms with Gasteiger partial charge in [-0.2, -0.15) is 26.3 Å². The largest absolute Gasteiger partial charge is 0.542 e. The minimum atomic E-state index is -5.19. The minimum Gasteiger partial charge on any atom is -0.542 e. The highest BCUT2D eigenvalue weighted by atomic mass is 19.4. The average Bonchev–Trinajstić information content (AvgIpc) is 3.44. The first-order valence-electron chi connectivity index (χ1n) is 10.3. The molecule has 0 aliphatic carbocycles. The number of aromatic nitrogens is 4. The fourth-order valence-electron chi connectivity index (χ4n) is 2.93. The lowest BCUT2D eigenvalue weighted by Gasteiger charge is -2.03. The number of nitrogens with one attached hydrogen (secondary N) is 4. The van der Waals surface area contributed by atoms with Crippen LogP contribution < -0.4 is 20.2 Å². The van der Waals surface area contributed by atoms with E-state index in [1.165, 1.54) is 24.3 Å². The van der Waals surface area contributed by atoms with Gasteiger partial charge in [0.1, 0.15) is 11.9 Å². The van der Waals surface area contributed by atoms with Crippen molar-refractivity contribution in [2.45, 2.75) is 25.2 Å². The van der Waals surface area contributed by atoms with Crippen molar-refractivity contribution >= 4 is 45.4 Å². The SMILES string of the molecule is O=C([O-])C(F)(F)F.O=C([O-])C(F)(F)F.O=[N+]([O-])c1ccc2[nH+]c(CCc3[nH]c4cc([N+](=O)[O-])ccc4[nH+]3)[nH]c2c1. The highest BCUT2D eigenvalue weighted by molar-refractivity contribution is 5.75. The molecule has 0 saturated carbocycles. The summed E-state index contributed by atoms with van der Waals surface area (Å²) in [5, 5.41) is 39.3. The van der Waals surface area contributed by atoms with E-state index in [-0.39, 0.29) is 11.4 Å². The number of carbonyl (C=O) groups is 2. The number of nitro benzene ring substituents is 2. The second-order valence-corrected chi connectivity index (χ2v) is 7.50. The molecular formula is C20H14F6N6O8. The maximum atomic E-state index is 10.8. The molecule has 0 aliphatic heterocycles. The molecule has 214 valence electrons. The quantitative estimate of drug-likeness (QED) is 0.191. The number of carbonyl (C=O) groups excluding carboxylic acids is 2. The summed E-state index contributed by atoms with van der Waals surface area (Å²) in [5.41, 5.74) is 2.99. The van der Waals surface area contributed by atoms with Gasteiger partial charge in [0.15, 0.2) is 22.1 Å². The van der Waals surface area contributed by atoms with Gasteiger partial charge in [-0.15, -0.1) is 0 Å². The van der Waals surface area contributed by atoms with Crippen LogP contribution in [-0.4, -0.2) is 44.1 Å². The molecule has 40 heavy (non-hydrogen) atoms. The number of rotatable bonds is 5. The van der Waals surface area contributed by atoms with Crippen LogP contribution in [-0.2, 0) is 22.4 Å². The molecule has 0 unspecified atom stereocenters. The summed E-state index contributed by atoms with van der Waals surface area (Å²) in [4.78, 5) is 51.1. The van der Waals surface area contributed by atoms with Crippen LogP contribution in [0.15, 0.2) is 36.4 Å². The Labute approximate surface area is 215 Å². The predicted molar refractivity (Wildman–Crippen MR) is 113 cm³/mol. The summed E-state index contributed by atoms with van der Waals surface area (Å²) in [7, 11) is 0. The molecule has 2 heterocycles. The number of non-ortho nitro benzene ring substituents is 2. The van der Waals surface area contributed by atoms with Crippen molar-refractivity contribution in [3.05, 3.63) is 68.3 Å². The molecule has 2 aromatic carbocycles. The van der Waals surface area contributed by atoms with Gasteiger partial charge in [-0.3, -0.25) is 20.2 Å². The van der Waals surface area contributed by atoms with Crippen molar-refractivity contribution in [3.63, 3.8) is 0 Å². The number of benzene rings is 2. The van der Waals surface area contributed by atoms with Gasteiger partial charge in [-0.25, -0.2) is 19.9 Å². The van der Waals surface area contributed by atoms with E-state index in [4.69, 9.17) is 19.8 Å². The lowest BCUT2D eigenvalue weighted by Crippen LogP contribution is -2.37. The number of halogens is 6.